The normalized spacial score (nSPS) is 11.3. The van der Waals surface area contributed by atoms with Gasteiger partial charge in [0.15, 0.2) is 6.10 Å². The highest BCUT2D eigenvalue weighted by molar-refractivity contribution is 6.04. The summed E-state index contributed by atoms with van der Waals surface area (Å²) in [5.74, 6) is -1.95. The molecule has 0 saturated carbocycles. The Morgan fingerprint density at radius 2 is 1.38 bits per heavy atom. The standard InChI is InChI=1S/C24H23N3O5/c1-14(23(30)27-22-10-6-8-17-7-4-5-9-21(17)22)32-24(31)18-11-19(25-15(2)28)13-20(12-18)26-16(3)29/h4-14H,1-3H3,(H,25,28)(H,26,29)(H,27,30)/t14-/m1/s1. The molecule has 1 atom stereocenters. The fourth-order valence-corrected chi connectivity index (χ4v) is 3.15. The minimum atomic E-state index is -1.09. The van der Waals surface area contributed by atoms with Crippen LogP contribution < -0.4 is 16.0 Å². The van der Waals surface area contributed by atoms with E-state index in [0.29, 0.717) is 17.1 Å². The molecule has 8 nitrogen and oxygen atoms in total. The third-order valence-electron chi connectivity index (χ3n) is 4.51. The molecule has 8 heteroatoms. The number of carbonyl (C=O) groups excluding carboxylic acids is 4. The third-order valence-corrected chi connectivity index (χ3v) is 4.51. The van der Waals surface area contributed by atoms with Crippen molar-refractivity contribution in [3.8, 4) is 0 Å². The van der Waals surface area contributed by atoms with E-state index in [1.165, 1.54) is 39.0 Å². The Morgan fingerprint density at radius 3 is 2.00 bits per heavy atom. The first-order valence-electron chi connectivity index (χ1n) is 9.93. The minimum absolute atomic E-state index is 0.0739. The van der Waals surface area contributed by atoms with Crippen LogP contribution in [0, 0.1) is 0 Å². The average Bonchev–Trinajstić information content (AvgIpc) is 2.72. The fraction of sp³-hybridized carbons (Fsp3) is 0.167. The Morgan fingerprint density at radius 1 is 0.781 bits per heavy atom. The molecular formula is C24H23N3O5. The second kappa shape index (κ2) is 9.74. The van der Waals surface area contributed by atoms with Crippen LogP contribution in [0.1, 0.15) is 31.1 Å². The van der Waals surface area contributed by atoms with Gasteiger partial charge in [-0.15, -0.1) is 0 Å². The number of anilines is 3. The minimum Gasteiger partial charge on any atom is -0.449 e. The number of ether oxygens (including phenoxy) is 1. The van der Waals surface area contributed by atoms with Crippen LogP contribution in [0.25, 0.3) is 10.8 Å². The molecule has 3 N–H and O–H groups in total. The number of nitrogens with one attached hydrogen (secondary N) is 3. The lowest BCUT2D eigenvalue weighted by Crippen LogP contribution is -2.30. The van der Waals surface area contributed by atoms with Gasteiger partial charge < -0.3 is 20.7 Å². The molecule has 0 bridgehead atoms. The van der Waals surface area contributed by atoms with Gasteiger partial charge in [-0.05, 0) is 36.6 Å². The van der Waals surface area contributed by atoms with Crippen molar-refractivity contribution >= 4 is 51.5 Å². The van der Waals surface area contributed by atoms with E-state index in [-0.39, 0.29) is 17.4 Å². The molecule has 0 heterocycles. The van der Waals surface area contributed by atoms with E-state index in [1.54, 1.807) is 6.07 Å². The smallest absolute Gasteiger partial charge is 0.339 e. The monoisotopic (exact) mass is 433 g/mol. The van der Waals surface area contributed by atoms with Gasteiger partial charge in [-0.3, -0.25) is 14.4 Å². The first kappa shape index (κ1) is 22.5. The van der Waals surface area contributed by atoms with E-state index in [9.17, 15) is 19.2 Å². The first-order chi connectivity index (χ1) is 15.2. The Bertz CT molecular complexity index is 1170. The maximum absolute atomic E-state index is 12.7. The first-order valence-corrected chi connectivity index (χ1v) is 9.93. The van der Waals surface area contributed by atoms with E-state index in [1.807, 2.05) is 36.4 Å². The topological polar surface area (TPSA) is 114 Å². The van der Waals surface area contributed by atoms with Crippen LogP contribution in [-0.4, -0.2) is 29.8 Å². The lowest BCUT2D eigenvalue weighted by Gasteiger charge is -2.16. The van der Waals surface area contributed by atoms with Gasteiger partial charge in [0.25, 0.3) is 5.91 Å². The summed E-state index contributed by atoms with van der Waals surface area (Å²) >= 11 is 0. The van der Waals surface area contributed by atoms with Crippen LogP contribution in [0.4, 0.5) is 17.1 Å². The van der Waals surface area contributed by atoms with Crippen LogP contribution >= 0.6 is 0 Å². The van der Waals surface area contributed by atoms with Crippen molar-refractivity contribution in [2.24, 2.45) is 0 Å². The third kappa shape index (κ3) is 5.69. The number of esters is 1. The van der Waals surface area contributed by atoms with Gasteiger partial charge in [0.2, 0.25) is 11.8 Å². The summed E-state index contributed by atoms with van der Waals surface area (Å²) in [6.07, 6.45) is -1.09. The molecule has 0 fully saturated rings. The predicted molar refractivity (Wildman–Crippen MR) is 123 cm³/mol. The highest BCUT2D eigenvalue weighted by Crippen LogP contribution is 2.24. The summed E-state index contributed by atoms with van der Waals surface area (Å²) in [6.45, 7) is 4.11. The molecule has 0 saturated heterocycles. The van der Waals surface area contributed by atoms with Crippen molar-refractivity contribution in [3.05, 3.63) is 66.2 Å². The molecular weight excluding hydrogens is 410 g/mol. The summed E-state index contributed by atoms with van der Waals surface area (Å²) in [4.78, 5) is 48.1. The molecule has 164 valence electrons. The predicted octanol–water partition coefficient (Wildman–Crippen LogP) is 3.94. The summed E-state index contributed by atoms with van der Waals surface area (Å²) < 4.78 is 5.33. The van der Waals surface area contributed by atoms with Crippen molar-refractivity contribution in [1.82, 2.24) is 0 Å². The Balaban J connectivity index is 1.76. The van der Waals surface area contributed by atoms with E-state index < -0.39 is 18.0 Å². The van der Waals surface area contributed by atoms with E-state index in [2.05, 4.69) is 16.0 Å². The van der Waals surface area contributed by atoms with Gasteiger partial charge in [0.1, 0.15) is 0 Å². The lowest BCUT2D eigenvalue weighted by atomic mass is 10.1. The molecule has 0 aliphatic carbocycles. The molecule has 0 spiro atoms. The molecule has 0 unspecified atom stereocenters. The van der Waals surface area contributed by atoms with Crippen molar-refractivity contribution in [2.45, 2.75) is 26.9 Å². The maximum atomic E-state index is 12.7. The zero-order valence-electron chi connectivity index (χ0n) is 17.9. The Hall–Kier alpha value is -4.20. The van der Waals surface area contributed by atoms with E-state index >= 15 is 0 Å². The second-order valence-corrected chi connectivity index (χ2v) is 7.22. The largest absolute Gasteiger partial charge is 0.449 e. The Labute approximate surface area is 184 Å². The fourth-order valence-electron chi connectivity index (χ4n) is 3.15. The van der Waals surface area contributed by atoms with Crippen molar-refractivity contribution < 1.29 is 23.9 Å². The van der Waals surface area contributed by atoms with Gasteiger partial charge in [0.05, 0.1) is 5.56 Å². The molecule has 32 heavy (non-hydrogen) atoms. The zero-order valence-corrected chi connectivity index (χ0v) is 17.9. The van der Waals surface area contributed by atoms with Crippen molar-refractivity contribution in [1.29, 1.82) is 0 Å². The molecule has 3 amide bonds. The highest BCUT2D eigenvalue weighted by atomic mass is 16.5. The molecule has 3 aromatic rings. The summed E-state index contributed by atoms with van der Waals surface area (Å²) in [7, 11) is 0. The molecule has 0 aromatic heterocycles. The number of hydrogen-bond acceptors (Lipinski definition) is 5. The highest BCUT2D eigenvalue weighted by Gasteiger charge is 2.21. The van der Waals surface area contributed by atoms with Crippen LogP contribution in [0.3, 0.4) is 0 Å². The number of fused-ring (bicyclic) bond motifs is 1. The quantitative estimate of drug-likeness (QED) is 0.510. The van der Waals surface area contributed by atoms with E-state index in [0.717, 1.165) is 10.8 Å². The number of benzene rings is 3. The van der Waals surface area contributed by atoms with Crippen LogP contribution in [0.15, 0.2) is 60.7 Å². The molecule has 0 aliphatic heterocycles. The number of amides is 3. The lowest BCUT2D eigenvalue weighted by molar-refractivity contribution is -0.123. The number of hydrogen-bond donors (Lipinski definition) is 3. The zero-order chi connectivity index (χ0) is 23.3. The Kier molecular flexibility index (Phi) is 6.84. The van der Waals surface area contributed by atoms with Gasteiger partial charge in [-0.1, -0.05) is 36.4 Å². The molecule has 3 rings (SSSR count). The maximum Gasteiger partial charge on any atom is 0.339 e. The summed E-state index contributed by atoms with van der Waals surface area (Å²) in [5, 5.41) is 9.74. The summed E-state index contributed by atoms with van der Waals surface area (Å²) in [6, 6.07) is 17.5. The molecule has 3 aromatic carbocycles. The van der Waals surface area contributed by atoms with Crippen LogP contribution in [-0.2, 0) is 19.1 Å². The molecule has 0 aliphatic rings. The SMILES string of the molecule is CC(=O)Nc1cc(NC(C)=O)cc(C(=O)O[C@H](C)C(=O)Nc2cccc3ccccc23)c1. The van der Waals surface area contributed by atoms with Crippen molar-refractivity contribution in [3.63, 3.8) is 0 Å². The van der Waals surface area contributed by atoms with Gasteiger partial charge in [0, 0.05) is 36.3 Å². The summed E-state index contributed by atoms with van der Waals surface area (Å²) in [5.41, 5.74) is 1.30. The van der Waals surface area contributed by atoms with Gasteiger partial charge >= 0.3 is 5.97 Å². The van der Waals surface area contributed by atoms with Crippen molar-refractivity contribution in [2.75, 3.05) is 16.0 Å². The van der Waals surface area contributed by atoms with Gasteiger partial charge in [-0.25, -0.2) is 4.79 Å². The van der Waals surface area contributed by atoms with Crippen LogP contribution in [0.5, 0.6) is 0 Å². The van der Waals surface area contributed by atoms with Gasteiger partial charge in [-0.2, -0.15) is 0 Å². The molecule has 0 radical (unpaired) electrons. The second-order valence-electron chi connectivity index (χ2n) is 7.22. The van der Waals surface area contributed by atoms with E-state index in [4.69, 9.17) is 4.74 Å². The van der Waals surface area contributed by atoms with Crippen LogP contribution in [0.2, 0.25) is 0 Å². The average molecular weight is 433 g/mol. The number of rotatable bonds is 6. The number of carbonyl (C=O) groups is 4.